The maximum atomic E-state index is 6.34. The quantitative estimate of drug-likeness (QED) is 0.776. The number of rotatable bonds is 4. The van der Waals surface area contributed by atoms with Gasteiger partial charge >= 0.3 is 0 Å². The molecule has 0 bridgehead atoms. The van der Waals surface area contributed by atoms with Gasteiger partial charge in [0.1, 0.15) is 0 Å². The molecule has 0 amide bonds. The highest BCUT2D eigenvalue weighted by Gasteiger charge is 2.29. The van der Waals surface area contributed by atoms with Crippen molar-refractivity contribution in [2.75, 3.05) is 6.54 Å². The fraction of sp³-hybridized carbons (Fsp3) is 1.00. The van der Waals surface area contributed by atoms with Crippen LogP contribution in [0.5, 0.6) is 0 Å². The van der Waals surface area contributed by atoms with Crippen molar-refractivity contribution < 1.29 is 0 Å². The Labute approximate surface area is 95.2 Å². The van der Waals surface area contributed by atoms with Crippen molar-refractivity contribution in [3.05, 3.63) is 0 Å². The number of likely N-dealkylation sites (tertiary alicyclic amines) is 1. The summed E-state index contributed by atoms with van der Waals surface area (Å²) in [5.41, 5.74) is 6.34. The standard InChI is InChI=1S/C13H28N2/c1-5-9-13(4,14)10-15-11(2)7-6-8-12(15)3/h11-12H,5-10,14H2,1-4H3. The van der Waals surface area contributed by atoms with Crippen molar-refractivity contribution in [2.45, 2.75) is 77.4 Å². The predicted octanol–water partition coefficient (Wildman–Crippen LogP) is 2.77. The second-order valence-corrected chi connectivity index (χ2v) is 5.71. The highest BCUT2D eigenvalue weighted by molar-refractivity contribution is 4.88. The number of nitrogens with two attached hydrogens (primary N) is 1. The van der Waals surface area contributed by atoms with Gasteiger partial charge in [0.2, 0.25) is 0 Å². The van der Waals surface area contributed by atoms with Gasteiger partial charge in [-0.2, -0.15) is 0 Å². The van der Waals surface area contributed by atoms with Gasteiger partial charge in [-0.1, -0.05) is 19.8 Å². The first-order valence-corrected chi connectivity index (χ1v) is 6.51. The van der Waals surface area contributed by atoms with Crippen LogP contribution in [0.3, 0.4) is 0 Å². The minimum absolute atomic E-state index is 0.00535. The highest BCUT2D eigenvalue weighted by atomic mass is 15.2. The zero-order valence-electron chi connectivity index (χ0n) is 10.9. The summed E-state index contributed by atoms with van der Waals surface area (Å²) in [7, 11) is 0. The van der Waals surface area contributed by atoms with E-state index in [0.29, 0.717) is 12.1 Å². The molecule has 0 radical (unpaired) electrons. The van der Waals surface area contributed by atoms with E-state index in [1.54, 1.807) is 0 Å². The number of piperidine rings is 1. The molecule has 1 saturated heterocycles. The van der Waals surface area contributed by atoms with E-state index in [1.165, 1.54) is 25.7 Å². The summed E-state index contributed by atoms with van der Waals surface area (Å²) in [4.78, 5) is 2.61. The molecular formula is C13H28N2. The number of nitrogens with zero attached hydrogens (tertiary/aromatic N) is 1. The van der Waals surface area contributed by atoms with Crippen LogP contribution >= 0.6 is 0 Å². The highest BCUT2D eigenvalue weighted by Crippen LogP contribution is 2.25. The molecule has 0 aromatic carbocycles. The number of hydrogen-bond donors (Lipinski definition) is 1. The smallest absolute Gasteiger partial charge is 0.0254 e. The molecule has 3 atom stereocenters. The predicted molar refractivity (Wildman–Crippen MR) is 67.0 cm³/mol. The van der Waals surface area contributed by atoms with Crippen LogP contribution in [0, 0.1) is 0 Å². The van der Waals surface area contributed by atoms with Crippen LogP contribution in [0.2, 0.25) is 0 Å². The molecular weight excluding hydrogens is 184 g/mol. The van der Waals surface area contributed by atoms with E-state index < -0.39 is 0 Å². The van der Waals surface area contributed by atoms with E-state index in [1.807, 2.05) is 0 Å². The van der Waals surface area contributed by atoms with Gasteiger partial charge in [-0.3, -0.25) is 4.90 Å². The maximum Gasteiger partial charge on any atom is 0.0254 e. The lowest BCUT2D eigenvalue weighted by Gasteiger charge is -2.43. The van der Waals surface area contributed by atoms with Gasteiger partial charge in [0.15, 0.2) is 0 Å². The first-order valence-electron chi connectivity index (χ1n) is 6.51. The van der Waals surface area contributed by atoms with Crippen LogP contribution in [-0.2, 0) is 0 Å². The molecule has 15 heavy (non-hydrogen) atoms. The lowest BCUT2D eigenvalue weighted by atomic mass is 9.91. The molecule has 0 aromatic heterocycles. The van der Waals surface area contributed by atoms with E-state index in [-0.39, 0.29) is 5.54 Å². The van der Waals surface area contributed by atoms with Gasteiger partial charge in [0.25, 0.3) is 0 Å². The zero-order chi connectivity index (χ0) is 11.5. The molecule has 90 valence electrons. The molecule has 3 unspecified atom stereocenters. The van der Waals surface area contributed by atoms with Crippen molar-refractivity contribution >= 4 is 0 Å². The molecule has 1 rings (SSSR count). The Kier molecular flexibility index (Phi) is 4.60. The Bertz CT molecular complexity index is 179. The summed E-state index contributed by atoms with van der Waals surface area (Å²) < 4.78 is 0. The Hall–Kier alpha value is -0.0800. The second-order valence-electron chi connectivity index (χ2n) is 5.71. The van der Waals surface area contributed by atoms with Crippen molar-refractivity contribution in [1.82, 2.24) is 4.90 Å². The molecule has 2 heteroatoms. The molecule has 0 spiro atoms. The summed E-state index contributed by atoms with van der Waals surface area (Å²) in [5, 5.41) is 0. The topological polar surface area (TPSA) is 29.3 Å². The molecule has 1 aliphatic rings. The van der Waals surface area contributed by atoms with E-state index in [0.717, 1.165) is 13.0 Å². The zero-order valence-corrected chi connectivity index (χ0v) is 10.9. The third kappa shape index (κ3) is 3.76. The van der Waals surface area contributed by atoms with Crippen molar-refractivity contribution in [1.29, 1.82) is 0 Å². The van der Waals surface area contributed by atoms with Crippen LogP contribution in [-0.4, -0.2) is 29.1 Å². The van der Waals surface area contributed by atoms with E-state index in [4.69, 9.17) is 5.73 Å². The van der Waals surface area contributed by atoms with E-state index in [9.17, 15) is 0 Å². The molecule has 1 aliphatic heterocycles. The molecule has 0 aliphatic carbocycles. The second kappa shape index (κ2) is 5.31. The van der Waals surface area contributed by atoms with Gasteiger partial charge in [0, 0.05) is 24.2 Å². The lowest BCUT2D eigenvalue weighted by Crippen LogP contribution is -2.54. The average Bonchev–Trinajstić information content (AvgIpc) is 2.11. The normalized spacial score (nSPS) is 32.6. The number of hydrogen-bond acceptors (Lipinski definition) is 2. The first kappa shape index (κ1) is 13.0. The molecule has 2 nitrogen and oxygen atoms in total. The lowest BCUT2D eigenvalue weighted by molar-refractivity contribution is 0.0766. The van der Waals surface area contributed by atoms with Gasteiger partial charge in [-0.05, 0) is 40.0 Å². The fourth-order valence-corrected chi connectivity index (χ4v) is 2.85. The van der Waals surface area contributed by atoms with E-state index in [2.05, 4.69) is 32.6 Å². The molecule has 2 N–H and O–H groups in total. The monoisotopic (exact) mass is 212 g/mol. The Morgan fingerprint density at radius 3 is 2.27 bits per heavy atom. The van der Waals surface area contributed by atoms with Crippen molar-refractivity contribution in [2.24, 2.45) is 5.73 Å². The third-order valence-corrected chi connectivity index (χ3v) is 3.74. The summed E-state index contributed by atoms with van der Waals surface area (Å²) in [6.45, 7) is 10.2. The summed E-state index contributed by atoms with van der Waals surface area (Å²) in [6, 6.07) is 1.43. The largest absolute Gasteiger partial charge is 0.324 e. The van der Waals surface area contributed by atoms with Crippen LogP contribution in [0.15, 0.2) is 0 Å². The van der Waals surface area contributed by atoms with Crippen LogP contribution in [0.1, 0.15) is 59.8 Å². The van der Waals surface area contributed by atoms with Crippen LogP contribution in [0.4, 0.5) is 0 Å². The Morgan fingerprint density at radius 1 is 1.27 bits per heavy atom. The average molecular weight is 212 g/mol. The first-order chi connectivity index (χ1) is 6.96. The Balaban J connectivity index is 2.53. The molecule has 1 heterocycles. The Morgan fingerprint density at radius 2 is 1.80 bits per heavy atom. The SMILES string of the molecule is CCCC(C)(N)CN1C(C)CCCC1C. The fourth-order valence-electron chi connectivity index (χ4n) is 2.85. The van der Waals surface area contributed by atoms with Gasteiger partial charge < -0.3 is 5.73 Å². The summed E-state index contributed by atoms with van der Waals surface area (Å²) in [5.74, 6) is 0. The maximum absolute atomic E-state index is 6.34. The molecule has 0 aromatic rings. The minimum atomic E-state index is -0.00535. The van der Waals surface area contributed by atoms with Gasteiger partial charge in [-0.15, -0.1) is 0 Å². The minimum Gasteiger partial charge on any atom is -0.324 e. The van der Waals surface area contributed by atoms with E-state index >= 15 is 0 Å². The van der Waals surface area contributed by atoms with Gasteiger partial charge in [0.05, 0.1) is 0 Å². The van der Waals surface area contributed by atoms with Crippen LogP contribution in [0.25, 0.3) is 0 Å². The summed E-state index contributed by atoms with van der Waals surface area (Å²) in [6.07, 6.45) is 6.37. The van der Waals surface area contributed by atoms with Crippen LogP contribution < -0.4 is 5.73 Å². The van der Waals surface area contributed by atoms with Crippen molar-refractivity contribution in [3.63, 3.8) is 0 Å². The molecule has 1 fully saturated rings. The summed E-state index contributed by atoms with van der Waals surface area (Å²) >= 11 is 0. The third-order valence-electron chi connectivity index (χ3n) is 3.74. The van der Waals surface area contributed by atoms with Gasteiger partial charge in [-0.25, -0.2) is 0 Å². The van der Waals surface area contributed by atoms with Crippen molar-refractivity contribution in [3.8, 4) is 0 Å². The molecule has 0 saturated carbocycles.